The number of hydrogen-bond acceptors (Lipinski definition) is 4. The molecule has 0 fully saturated rings. The van der Waals surface area contributed by atoms with Crippen molar-refractivity contribution in [1.29, 1.82) is 0 Å². The van der Waals surface area contributed by atoms with Crippen LogP contribution in [0.5, 0.6) is 0 Å². The van der Waals surface area contributed by atoms with E-state index in [0.29, 0.717) is 0 Å². The fourth-order valence-corrected chi connectivity index (χ4v) is 5.27. The van der Waals surface area contributed by atoms with Crippen LogP contribution in [0, 0.1) is 6.92 Å². The fourth-order valence-electron chi connectivity index (χ4n) is 5.09. The molecule has 7 aromatic rings. The number of benzene rings is 5. The molecular weight excluding hydrogens is 512 g/mol. The van der Waals surface area contributed by atoms with E-state index in [1.165, 1.54) is 16.2 Å². The molecule has 0 aliphatic rings. The Kier molecular flexibility index (Phi) is 6.03. The van der Waals surface area contributed by atoms with Crippen molar-refractivity contribution in [3.05, 3.63) is 132 Å². The predicted octanol–water partition coefficient (Wildman–Crippen LogP) is 9.20. The second kappa shape index (κ2) is 9.99. The van der Waals surface area contributed by atoms with Crippen LogP contribution in [0.1, 0.15) is 5.82 Å². The number of hydrogen-bond donors (Lipinski definition) is 0. The van der Waals surface area contributed by atoms with Crippen LogP contribution in [-0.4, -0.2) is 19.9 Å². The summed E-state index contributed by atoms with van der Waals surface area (Å²) in [5.74, 6) is 0.729. The van der Waals surface area contributed by atoms with Gasteiger partial charge >= 0.3 is 0 Å². The van der Waals surface area contributed by atoms with Crippen molar-refractivity contribution >= 4 is 33.1 Å². The Morgan fingerprint density at radius 2 is 0.775 bits per heavy atom. The van der Waals surface area contributed by atoms with Crippen molar-refractivity contribution in [3.8, 4) is 45.0 Å². The molecule has 0 radical (unpaired) electrons. The van der Waals surface area contributed by atoms with E-state index in [4.69, 9.17) is 21.6 Å². The summed E-state index contributed by atoms with van der Waals surface area (Å²) in [6.45, 7) is 1.93. The molecular formula is C35H23ClN4. The lowest BCUT2D eigenvalue weighted by Gasteiger charge is -2.10. The molecule has 0 unspecified atom stereocenters. The second-order valence-corrected chi connectivity index (χ2v) is 10.1. The third-order valence-electron chi connectivity index (χ3n) is 7.10. The molecule has 4 nitrogen and oxygen atoms in total. The second-order valence-electron chi connectivity index (χ2n) is 9.79. The van der Waals surface area contributed by atoms with Crippen molar-refractivity contribution in [2.45, 2.75) is 6.92 Å². The van der Waals surface area contributed by atoms with Gasteiger partial charge in [0.1, 0.15) is 5.82 Å². The van der Waals surface area contributed by atoms with Crippen molar-refractivity contribution in [2.24, 2.45) is 0 Å². The van der Waals surface area contributed by atoms with Crippen molar-refractivity contribution in [3.63, 3.8) is 0 Å². The van der Waals surface area contributed by atoms with Gasteiger partial charge in [-0.3, -0.25) is 0 Å². The van der Waals surface area contributed by atoms with Crippen LogP contribution < -0.4 is 0 Å². The Labute approximate surface area is 237 Å². The zero-order valence-corrected chi connectivity index (χ0v) is 22.5. The Bertz CT molecular complexity index is 1890. The molecule has 0 saturated heterocycles. The molecule has 40 heavy (non-hydrogen) atoms. The highest BCUT2D eigenvalue weighted by Crippen LogP contribution is 2.30. The Hall–Kier alpha value is -4.93. The number of fused-ring (bicyclic) bond motifs is 2. The van der Waals surface area contributed by atoms with Crippen LogP contribution in [0.2, 0.25) is 5.28 Å². The molecule has 0 bridgehead atoms. The van der Waals surface area contributed by atoms with E-state index >= 15 is 0 Å². The van der Waals surface area contributed by atoms with Gasteiger partial charge in [-0.15, -0.1) is 0 Å². The van der Waals surface area contributed by atoms with Crippen molar-refractivity contribution in [2.75, 3.05) is 0 Å². The third-order valence-corrected chi connectivity index (χ3v) is 7.27. The first-order chi connectivity index (χ1) is 19.6. The molecule has 5 aromatic carbocycles. The zero-order valence-electron chi connectivity index (χ0n) is 21.7. The minimum absolute atomic E-state index is 0.219. The number of aryl methyl sites for hydroxylation is 1. The standard InChI is InChI=1S/C35H23ClN4/c1-22-37-31(20-33(38-22)29-16-10-23-6-2-4-8-27(23)18-29)25-12-14-26(15-13-25)32-21-34(40-35(36)39-32)30-17-11-24-7-3-5-9-28(24)19-30/h2-21H,1H3. The minimum Gasteiger partial charge on any atom is -0.233 e. The monoisotopic (exact) mass is 534 g/mol. The first-order valence-electron chi connectivity index (χ1n) is 13.1. The highest BCUT2D eigenvalue weighted by molar-refractivity contribution is 6.28. The van der Waals surface area contributed by atoms with E-state index in [9.17, 15) is 0 Å². The minimum atomic E-state index is 0.219. The van der Waals surface area contributed by atoms with Crippen LogP contribution in [-0.2, 0) is 0 Å². The molecule has 0 saturated carbocycles. The molecule has 0 aliphatic carbocycles. The molecule has 5 heteroatoms. The molecule has 2 aromatic heterocycles. The van der Waals surface area contributed by atoms with Crippen molar-refractivity contribution in [1.82, 2.24) is 19.9 Å². The summed E-state index contributed by atoms with van der Waals surface area (Å²) in [5.41, 5.74) is 7.36. The number of aromatic nitrogens is 4. The maximum Gasteiger partial charge on any atom is 0.223 e. The van der Waals surface area contributed by atoms with E-state index in [1.54, 1.807) is 0 Å². The number of nitrogens with zero attached hydrogens (tertiary/aromatic N) is 4. The summed E-state index contributed by atoms with van der Waals surface area (Å²) in [4.78, 5) is 18.5. The van der Waals surface area contributed by atoms with Gasteiger partial charge in [0.05, 0.1) is 22.8 Å². The van der Waals surface area contributed by atoms with Gasteiger partial charge in [-0.05, 0) is 64.3 Å². The lowest BCUT2D eigenvalue weighted by molar-refractivity contribution is 1.06. The van der Waals surface area contributed by atoms with Gasteiger partial charge in [-0.25, -0.2) is 19.9 Å². The van der Waals surface area contributed by atoms with Gasteiger partial charge < -0.3 is 0 Å². The molecule has 0 amide bonds. The summed E-state index contributed by atoms with van der Waals surface area (Å²) in [6.07, 6.45) is 0. The van der Waals surface area contributed by atoms with E-state index < -0.39 is 0 Å². The molecule has 0 N–H and O–H groups in total. The Morgan fingerprint density at radius 1 is 0.400 bits per heavy atom. The van der Waals surface area contributed by atoms with Gasteiger partial charge in [0, 0.05) is 22.3 Å². The van der Waals surface area contributed by atoms with Gasteiger partial charge in [-0.1, -0.05) is 97.1 Å². The van der Waals surface area contributed by atoms with Gasteiger partial charge in [0.2, 0.25) is 5.28 Å². The highest BCUT2D eigenvalue weighted by Gasteiger charge is 2.11. The SMILES string of the molecule is Cc1nc(-c2ccc(-c3cc(-c4ccc5ccccc5c4)nc(Cl)n3)cc2)cc(-c2ccc3ccccc3c2)n1. The average molecular weight is 535 g/mol. The average Bonchev–Trinajstić information content (AvgIpc) is 3.00. The largest absolute Gasteiger partial charge is 0.233 e. The quantitative estimate of drug-likeness (QED) is 0.211. The summed E-state index contributed by atoms with van der Waals surface area (Å²) >= 11 is 6.39. The molecule has 2 heterocycles. The van der Waals surface area contributed by atoms with Crippen LogP contribution in [0.25, 0.3) is 66.6 Å². The summed E-state index contributed by atoms with van der Waals surface area (Å²) in [7, 11) is 0. The first kappa shape index (κ1) is 24.1. The molecule has 0 atom stereocenters. The third kappa shape index (κ3) is 4.70. The smallest absolute Gasteiger partial charge is 0.223 e. The Balaban J connectivity index is 1.22. The van der Waals surface area contributed by atoms with Crippen LogP contribution in [0.3, 0.4) is 0 Å². The lowest BCUT2D eigenvalue weighted by Crippen LogP contribution is -1.95. The van der Waals surface area contributed by atoms with E-state index in [2.05, 4.69) is 94.9 Å². The summed E-state index contributed by atoms with van der Waals surface area (Å²) < 4.78 is 0. The van der Waals surface area contributed by atoms with Gasteiger partial charge in [0.15, 0.2) is 0 Å². The van der Waals surface area contributed by atoms with Gasteiger partial charge in [-0.2, -0.15) is 0 Å². The molecule has 190 valence electrons. The van der Waals surface area contributed by atoms with E-state index in [-0.39, 0.29) is 5.28 Å². The zero-order chi connectivity index (χ0) is 27.1. The Morgan fingerprint density at radius 3 is 1.27 bits per heavy atom. The topological polar surface area (TPSA) is 51.6 Å². The molecule has 7 rings (SSSR count). The predicted molar refractivity (Wildman–Crippen MR) is 164 cm³/mol. The van der Waals surface area contributed by atoms with E-state index in [0.717, 1.165) is 56.2 Å². The van der Waals surface area contributed by atoms with E-state index in [1.807, 2.05) is 43.3 Å². The normalized spacial score (nSPS) is 11.2. The highest BCUT2D eigenvalue weighted by atomic mass is 35.5. The first-order valence-corrected chi connectivity index (χ1v) is 13.5. The molecule has 0 aliphatic heterocycles. The summed E-state index contributed by atoms with van der Waals surface area (Å²) in [6, 6.07) is 41.6. The maximum atomic E-state index is 6.39. The number of halogens is 1. The van der Waals surface area contributed by atoms with Gasteiger partial charge in [0.25, 0.3) is 0 Å². The summed E-state index contributed by atoms with van der Waals surface area (Å²) in [5, 5.41) is 4.96. The van der Waals surface area contributed by atoms with Crippen LogP contribution in [0.4, 0.5) is 0 Å². The molecule has 0 spiro atoms. The van der Waals surface area contributed by atoms with Crippen LogP contribution >= 0.6 is 11.6 Å². The fraction of sp³-hybridized carbons (Fsp3) is 0.0286. The number of rotatable bonds is 4. The maximum absolute atomic E-state index is 6.39. The van der Waals surface area contributed by atoms with Crippen LogP contribution in [0.15, 0.2) is 121 Å². The lowest BCUT2D eigenvalue weighted by atomic mass is 10.0. The van der Waals surface area contributed by atoms with Crippen molar-refractivity contribution < 1.29 is 0 Å².